The first-order chi connectivity index (χ1) is 8.73. The Balaban J connectivity index is 2.18. The molecular formula is C12H23NO2. The zero-order valence-electron chi connectivity index (χ0n) is 13.6. The minimum atomic E-state index is -1.94. The van der Waals surface area contributed by atoms with E-state index in [1.54, 1.807) is 18.7 Å². The summed E-state index contributed by atoms with van der Waals surface area (Å²) >= 11 is 0. The first-order valence-electron chi connectivity index (χ1n) is 7.74. The second kappa shape index (κ2) is 4.81. The monoisotopic (exact) mass is 217 g/mol. The summed E-state index contributed by atoms with van der Waals surface area (Å²) in [5, 5.41) is 0. The zero-order chi connectivity index (χ0) is 14.3. The van der Waals surface area contributed by atoms with Crippen molar-refractivity contribution < 1.29 is 15.0 Å². The number of ether oxygens (including phenoxy) is 2. The fourth-order valence-electron chi connectivity index (χ4n) is 1.57. The van der Waals surface area contributed by atoms with Crippen molar-refractivity contribution in [3.63, 3.8) is 0 Å². The molecule has 1 saturated carbocycles. The molecule has 2 fully saturated rings. The fraction of sp³-hybridized carbons (Fsp3) is 1.00. The highest BCUT2D eigenvalue weighted by atomic mass is 16.5. The van der Waals surface area contributed by atoms with Crippen LogP contribution in [0.25, 0.3) is 0 Å². The predicted molar refractivity (Wildman–Crippen MR) is 60.0 cm³/mol. The van der Waals surface area contributed by atoms with E-state index in [0.29, 0.717) is 39.1 Å². The summed E-state index contributed by atoms with van der Waals surface area (Å²) < 4.78 is 43.7. The van der Waals surface area contributed by atoms with Crippen molar-refractivity contribution in [1.29, 1.82) is 0 Å². The van der Waals surface area contributed by atoms with E-state index in [0.717, 1.165) is 0 Å². The van der Waals surface area contributed by atoms with Crippen molar-refractivity contribution in [2.45, 2.75) is 32.8 Å². The Morgan fingerprint density at radius 2 is 2.07 bits per heavy atom. The van der Waals surface area contributed by atoms with E-state index in [4.69, 9.17) is 15.0 Å². The van der Waals surface area contributed by atoms with Crippen LogP contribution in [-0.4, -0.2) is 50.4 Å². The molecule has 1 aliphatic heterocycles. The van der Waals surface area contributed by atoms with Gasteiger partial charge in [-0.1, -0.05) is 0 Å². The quantitative estimate of drug-likeness (QED) is 0.697. The van der Waals surface area contributed by atoms with Gasteiger partial charge in [0.15, 0.2) is 0 Å². The molecular weight excluding hydrogens is 190 g/mol. The van der Waals surface area contributed by atoms with Crippen molar-refractivity contribution >= 4 is 0 Å². The number of rotatable bonds is 5. The number of nitrogens with zero attached hydrogens (tertiary/aromatic N) is 1. The van der Waals surface area contributed by atoms with Crippen LogP contribution in [0.15, 0.2) is 0 Å². The molecule has 88 valence electrons. The van der Waals surface area contributed by atoms with Crippen LogP contribution in [0.1, 0.15) is 32.2 Å². The summed E-state index contributed by atoms with van der Waals surface area (Å²) in [7, 11) is 0. The lowest BCUT2D eigenvalue weighted by Crippen LogP contribution is -2.41. The SMILES string of the molecule is [2H]C([2H])(OC(C)C)C1(C([2H])([2H])N2CCOCC2)CC1. The van der Waals surface area contributed by atoms with Gasteiger partial charge in [0.05, 0.1) is 28.6 Å². The van der Waals surface area contributed by atoms with Gasteiger partial charge in [-0.3, -0.25) is 4.90 Å². The maximum atomic E-state index is 8.40. The Morgan fingerprint density at radius 1 is 1.40 bits per heavy atom. The molecule has 0 aromatic carbocycles. The van der Waals surface area contributed by atoms with Gasteiger partial charge >= 0.3 is 0 Å². The smallest absolute Gasteiger partial charge is 0.0594 e. The van der Waals surface area contributed by atoms with Crippen LogP contribution in [0.4, 0.5) is 0 Å². The molecule has 2 aliphatic rings. The van der Waals surface area contributed by atoms with Crippen LogP contribution >= 0.6 is 0 Å². The Kier molecular flexibility index (Phi) is 2.33. The van der Waals surface area contributed by atoms with E-state index in [-0.39, 0.29) is 6.10 Å². The number of hydrogen-bond donors (Lipinski definition) is 0. The molecule has 0 atom stereocenters. The second-order valence-corrected chi connectivity index (χ2v) is 4.56. The number of morpholine rings is 1. The third-order valence-corrected chi connectivity index (χ3v) is 2.62. The standard InChI is InChI=1S/C12H23NO2/c1-11(2)15-10-12(3-4-12)9-13-5-7-14-8-6-13/h11H,3-10H2,1-2H3/i9D2,10D2. The minimum Gasteiger partial charge on any atom is -0.379 e. The molecule has 1 saturated heterocycles. The van der Waals surface area contributed by atoms with Crippen molar-refractivity contribution in [2.75, 3.05) is 39.4 Å². The molecule has 15 heavy (non-hydrogen) atoms. The fourth-order valence-corrected chi connectivity index (χ4v) is 1.57. The number of hydrogen-bond acceptors (Lipinski definition) is 3. The van der Waals surface area contributed by atoms with Crippen molar-refractivity contribution in [1.82, 2.24) is 4.90 Å². The lowest BCUT2D eigenvalue weighted by atomic mass is 10.1. The summed E-state index contributed by atoms with van der Waals surface area (Å²) in [4.78, 5) is 1.70. The Hall–Kier alpha value is -0.120. The summed E-state index contributed by atoms with van der Waals surface area (Å²) in [6, 6.07) is 0. The Labute approximate surface area is 98.3 Å². The lowest BCUT2D eigenvalue weighted by Gasteiger charge is -2.30. The molecule has 2 rings (SSSR count). The summed E-state index contributed by atoms with van der Waals surface area (Å²) in [6.07, 6.45) is 0.793. The van der Waals surface area contributed by atoms with E-state index in [9.17, 15) is 0 Å². The largest absolute Gasteiger partial charge is 0.379 e. The first-order valence-corrected chi connectivity index (χ1v) is 5.74. The molecule has 1 heterocycles. The molecule has 0 amide bonds. The molecule has 3 heteroatoms. The van der Waals surface area contributed by atoms with Crippen molar-refractivity contribution in [3.8, 4) is 0 Å². The van der Waals surface area contributed by atoms with Crippen LogP contribution in [0, 0.1) is 5.41 Å². The van der Waals surface area contributed by atoms with Gasteiger partial charge in [0.25, 0.3) is 0 Å². The molecule has 3 nitrogen and oxygen atoms in total. The normalized spacial score (nSPS) is 31.7. The van der Waals surface area contributed by atoms with Crippen molar-refractivity contribution in [2.24, 2.45) is 5.41 Å². The van der Waals surface area contributed by atoms with Gasteiger partial charge in [-0.05, 0) is 26.7 Å². The van der Waals surface area contributed by atoms with E-state index in [1.807, 2.05) is 0 Å². The minimum absolute atomic E-state index is 0.257. The highest BCUT2D eigenvalue weighted by Gasteiger charge is 2.44. The molecule has 0 aromatic heterocycles. The topological polar surface area (TPSA) is 21.7 Å². The van der Waals surface area contributed by atoms with Gasteiger partial charge in [0, 0.05) is 27.7 Å². The zero-order valence-corrected chi connectivity index (χ0v) is 9.58. The average Bonchev–Trinajstić information content (AvgIpc) is 3.10. The Morgan fingerprint density at radius 3 is 2.60 bits per heavy atom. The van der Waals surface area contributed by atoms with E-state index >= 15 is 0 Å². The lowest BCUT2D eigenvalue weighted by molar-refractivity contribution is 0.000529. The van der Waals surface area contributed by atoms with Gasteiger partial charge < -0.3 is 9.47 Å². The molecule has 1 aliphatic carbocycles. The Bertz CT molecular complexity index is 326. The highest BCUT2D eigenvalue weighted by molar-refractivity contribution is 4.95. The molecule has 0 radical (unpaired) electrons. The average molecular weight is 217 g/mol. The van der Waals surface area contributed by atoms with Gasteiger partial charge in [0.2, 0.25) is 0 Å². The highest BCUT2D eigenvalue weighted by Crippen LogP contribution is 2.46. The van der Waals surface area contributed by atoms with Crippen molar-refractivity contribution in [3.05, 3.63) is 0 Å². The summed E-state index contributed by atoms with van der Waals surface area (Å²) in [5.41, 5.74) is -1.05. The molecule has 0 unspecified atom stereocenters. The van der Waals surface area contributed by atoms with Crippen LogP contribution in [0.3, 0.4) is 0 Å². The summed E-state index contributed by atoms with van der Waals surface area (Å²) in [5.74, 6) is 0. The van der Waals surface area contributed by atoms with E-state index in [2.05, 4.69) is 0 Å². The first kappa shape index (κ1) is 7.25. The van der Waals surface area contributed by atoms with Gasteiger partial charge in [-0.25, -0.2) is 0 Å². The summed E-state index contributed by atoms with van der Waals surface area (Å²) in [6.45, 7) is 1.93. The maximum Gasteiger partial charge on any atom is 0.0594 e. The molecule has 0 N–H and O–H groups in total. The van der Waals surface area contributed by atoms with E-state index < -0.39 is 18.5 Å². The maximum absolute atomic E-state index is 8.40. The molecule has 0 aromatic rings. The van der Waals surface area contributed by atoms with Gasteiger partial charge in [0.1, 0.15) is 0 Å². The van der Waals surface area contributed by atoms with E-state index in [1.165, 1.54) is 0 Å². The van der Waals surface area contributed by atoms with Crippen LogP contribution in [0.2, 0.25) is 0 Å². The van der Waals surface area contributed by atoms with Gasteiger partial charge in [-0.2, -0.15) is 0 Å². The molecule has 0 bridgehead atoms. The van der Waals surface area contributed by atoms with Crippen LogP contribution in [0.5, 0.6) is 0 Å². The predicted octanol–water partition coefficient (Wildman–Crippen LogP) is 1.52. The van der Waals surface area contributed by atoms with Gasteiger partial charge in [-0.15, -0.1) is 0 Å². The third-order valence-electron chi connectivity index (χ3n) is 2.62. The third kappa shape index (κ3) is 3.44. The van der Waals surface area contributed by atoms with Crippen LogP contribution in [-0.2, 0) is 9.47 Å². The second-order valence-electron chi connectivity index (χ2n) is 4.56. The van der Waals surface area contributed by atoms with Crippen LogP contribution < -0.4 is 0 Å². The molecule has 0 spiro atoms.